The first kappa shape index (κ1) is 36.6. The minimum absolute atomic E-state index is 0.0676. The third-order valence-corrected chi connectivity index (χ3v) is 6.42. The van der Waals surface area contributed by atoms with Gasteiger partial charge in [0, 0.05) is 18.1 Å². The van der Waals surface area contributed by atoms with Crippen LogP contribution >= 0.6 is 0 Å². The number of benzene rings is 4. The van der Waals surface area contributed by atoms with Gasteiger partial charge in [-0.05, 0) is 89.7 Å². The lowest BCUT2D eigenvalue weighted by molar-refractivity contribution is -0.139. The predicted octanol–water partition coefficient (Wildman–Crippen LogP) is 10.4. The minimum Gasteiger partial charge on any atom is -0.489 e. The maximum Gasteiger partial charge on any atom is 0.419 e. The summed E-state index contributed by atoms with van der Waals surface area (Å²) >= 11 is 0. The molecular formula is C35H34F6O4. The lowest BCUT2D eigenvalue weighted by atomic mass is 9.92. The highest BCUT2D eigenvalue weighted by atomic mass is 19.4. The van der Waals surface area contributed by atoms with Crippen LogP contribution in [0.3, 0.4) is 0 Å². The second-order valence-electron chi connectivity index (χ2n) is 9.60. The molecule has 240 valence electrons. The van der Waals surface area contributed by atoms with Gasteiger partial charge in [0.1, 0.15) is 37.3 Å². The van der Waals surface area contributed by atoms with Crippen LogP contribution in [0.15, 0.2) is 78.9 Å². The van der Waals surface area contributed by atoms with Crippen molar-refractivity contribution in [2.75, 3.05) is 0 Å². The molecule has 0 aliphatic carbocycles. The second-order valence-corrected chi connectivity index (χ2v) is 9.60. The molecule has 0 aromatic heterocycles. The average Bonchev–Trinajstić information content (AvgIpc) is 3.00. The highest BCUT2D eigenvalue weighted by Gasteiger charge is 2.34. The first-order valence-corrected chi connectivity index (χ1v) is 13.9. The fraction of sp³-hybridized carbons (Fsp3) is 0.257. The average molecular weight is 633 g/mol. The minimum atomic E-state index is -4.65. The summed E-state index contributed by atoms with van der Waals surface area (Å²) < 4.78 is 83.1. The molecule has 0 aliphatic heterocycles. The maximum atomic E-state index is 13.5. The molecule has 4 rings (SSSR count). The molecule has 0 N–H and O–H groups in total. The summed E-state index contributed by atoms with van der Waals surface area (Å²) in [6, 6.07) is 21.7. The normalized spacial score (nSPS) is 10.9. The summed E-state index contributed by atoms with van der Waals surface area (Å²) in [7, 11) is 0. The van der Waals surface area contributed by atoms with E-state index < -0.39 is 17.9 Å². The van der Waals surface area contributed by atoms with Crippen molar-refractivity contribution in [2.45, 2.75) is 60.2 Å². The van der Waals surface area contributed by atoms with Crippen LogP contribution in [0.4, 0.5) is 26.3 Å². The van der Waals surface area contributed by atoms with Crippen molar-refractivity contribution < 1.29 is 45.4 Å². The SMILES string of the molecule is CC.CC(F)(F)F.Cc1c(COc2ccc(C=O)cc2)cccc1-c1cccc(COc2ccc(C=O)cc2C(F)(F)F)c1C. The van der Waals surface area contributed by atoms with Crippen LogP contribution in [0, 0.1) is 13.8 Å². The molecule has 4 nitrogen and oxygen atoms in total. The number of rotatable bonds is 9. The monoisotopic (exact) mass is 632 g/mol. The Bertz CT molecular complexity index is 1550. The molecule has 0 unspecified atom stereocenters. The highest BCUT2D eigenvalue weighted by Crippen LogP contribution is 2.37. The molecule has 0 atom stereocenters. The van der Waals surface area contributed by atoms with E-state index >= 15 is 0 Å². The van der Waals surface area contributed by atoms with Crippen molar-refractivity contribution in [3.63, 3.8) is 0 Å². The predicted molar refractivity (Wildman–Crippen MR) is 162 cm³/mol. The van der Waals surface area contributed by atoms with Gasteiger partial charge in [-0.15, -0.1) is 0 Å². The Morgan fingerprint density at radius 2 is 1.09 bits per heavy atom. The van der Waals surface area contributed by atoms with Gasteiger partial charge in [0.2, 0.25) is 0 Å². The van der Waals surface area contributed by atoms with E-state index in [1.165, 1.54) is 12.1 Å². The Labute approximate surface area is 258 Å². The Hall–Kier alpha value is -4.60. The van der Waals surface area contributed by atoms with Gasteiger partial charge in [-0.2, -0.15) is 26.3 Å². The first-order valence-electron chi connectivity index (χ1n) is 13.9. The van der Waals surface area contributed by atoms with E-state index in [9.17, 15) is 35.9 Å². The van der Waals surface area contributed by atoms with E-state index in [1.807, 2.05) is 64.1 Å². The smallest absolute Gasteiger partial charge is 0.419 e. The number of hydrogen-bond acceptors (Lipinski definition) is 4. The van der Waals surface area contributed by atoms with Crippen molar-refractivity contribution in [2.24, 2.45) is 0 Å². The Morgan fingerprint density at radius 1 is 0.644 bits per heavy atom. The van der Waals surface area contributed by atoms with Crippen molar-refractivity contribution in [3.8, 4) is 22.6 Å². The number of aldehydes is 2. The van der Waals surface area contributed by atoms with Crippen LogP contribution in [0.2, 0.25) is 0 Å². The van der Waals surface area contributed by atoms with Crippen LogP contribution < -0.4 is 9.47 Å². The molecule has 0 bridgehead atoms. The Kier molecular flexibility index (Phi) is 13.4. The van der Waals surface area contributed by atoms with Gasteiger partial charge in [0.25, 0.3) is 0 Å². The molecular weight excluding hydrogens is 598 g/mol. The third-order valence-electron chi connectivity index (χ3n) is 6.42. The number of carbonyl (C=O) groups excluding carboxylic acids is 2. The topological polar surface area (TPSA) is 52.6 Å². The summed E-state index contributed by atoms with van der Waals surface area (Å²) in [6.45, 7) is 8.36. The van der Waals surface area contributed by atoms with Crippen LogP contribution in [-0.4, -0.2) is 18.7 Å². The quantitative estimate of drug-likeness (QED) is 0.136. The van der Waals surface area contributed by atoms with Gasteiger partial charge in [0.15, 0.2) is 0 Å². The zero-order valence-corrected chi connectivity index (χ0v) is 25.5. The molecule has 45 heavy (non-hydrogen) atoms. The van der Waals surface area contributed by atoms with Crippen molar-refractivity contribution in [1.82, 2.24) is 0 Å². The van der Waals surface area contributed by atoms with Gasteiger partial charge >= 0.3 is 12.4 Å². The van der Waals surface area contributed by atoms with E-state index in [1.54, 1.807) is 24.3 Å². The van der Waals surface area contributed by atoms with E-state index in [0.29, 0.717) is 24.2 Å². The molecule has 0 saturated heterocycles. The Balaban J connectivity index is 0.000000917. The van der Waals surface area contributed by atoms with Gasteiger partial charge in [-0.1, -0.05) is 50.2 Å². The van der Waals surface area contributed by atoms with E-state index in [4.69, 9.17) is 9.47 Å². The zero-order chi connectivity index (χ0) is 33.8. The molecule has 0 saturated carbocycles. The standard InChI is InChI=1S/C31H25F3O4.C2H3F3.C2H6/c1-20-24(18-37-26-12-9-22(16-35)10-13-26)5-3-7-27(20)28-8-4-6-25(21(28)2)19-38-30-14-11-23(17-36)15-29(30)31(32,33)34;1-2(3,4)5;1-2/h3-17H,18-19H2,1-2H3;1H3;1-2H3. The summed E-state index contributed by atoms with van der Waals surface area (Å²) in [6.07, 6.45) is -7.50. The molecule has 0 spiro atoms. The lowest BCUT2D eigenvalue weighted by Gasteiger charge is -2.18. The van der Waals surface area contributed by atoms with Crippen molar-refractivity contribution in [3.05, 3.63) is 118 Å². The summed E-state index contributed by atoms with van der Waals surface area (Å²) in [5.41, 5.74) is 5.06. The van der Waals surface area contributed by atoms with Crippen molar-refractivity contribution >= 4 is 12.6 Å². The van der Waals surface area contributed by atoms with Gasteiger partial charge < -0.3 is 9.47 Å². The van der Waals surface area contributed by atoms with E-state index in [2.05, 4.69) is 0 Å². The first-order chi connectivity index (χ1) is 21.2. The number of hydrogen-bond donors (Lipinski definition) is 0. The van der Waals surface area contributed by atoms with Crippen molar-refractivity contribution in [1.29, 1.82) is 0 Å². The molecule has 0 radical (unpaired) electrons. The van der Waals surface area contributed by atoms with Gasteiger partial charge in [0.05, 0.1) is 5.56 Å². The zero-order valence-electron chi connectivity index (χ0n) is 25.5. The molecule has 10 heteroatoms. The molecule has 0 heterocycles. The van der Waals surface area contributed by atoms with Crippen LogP contribution in [-0.2, 0) is 19.4 Å². The lowest BCUT2D eigenvalue weighted by Crippen LogP contribution is -2.10. The fourth-order valence-corrected chi connectivity index (χ4v) is 4.19. The molecule has 0 fully saturated rings. The second kappa shape index (κ2) is 16.5. The summed E-state index contributed by atoms with van der Waals surface area (Å²) in [4.78, 5) is 21.8. The molecule has 0 aliphatic rings. The Morgan fingerprint density at radius 3 is 1.53 bits per heavy atom. The molecule has 4 aromatic carbocycles. The van der Waals surface area contributed by atoms with E-state index in [0.717, 1.165) is 45.7 Å². The molecule has 0 amide bonds. The molecule has 4 aromatic rings. The van der Waals surface area contributed by atoms with Crippen LogP contribution in [0.5, 0.6) is 11.5 Å². The summed E-state index contributed by atoms with van der Waals surface area (Å²) in [5, 5.41) is 0. The number of alkyl halides is 6. The highest BCUT2D eigenvalue weighted by molar-refractivity contribution is 5.76. The number of halogens is 6. The van der Waals surface area contributed by atoms with Crippen LogP contribution in [0.1, 0.15) is 69.3 Å². The largest absolute Gasteiger partial charge is 0.489 e. The fourth-order valence-electron chi connectivity index (χ4n) is 4.19. The number of carbonyl (C=O) groups is 2. The van der Waals surface area contributed by atoms with Crippen LogP contribution in [0.25, 0.3) is 11.1 Å². The van der Waals surface area contributed by atoms with Gasteiger partial charge in [-0.3, -0.25) is 9.59 Å². The van der Waals surface area contributed by atoms with Gasteiger partial charge in [-0.25, -0.2) is 0 Å². The third kappa shape index (κ3) is 11.1. The maximum absolute atomic E-state index is 13.5. The number of ether oxygens (including phenoxy) is 2. The van der Waals surface area contributed by atoms with E-state index in [-0.39, 0.29) is 24.8 Å². The summed E-state index contributed by atoms with van der Waals surface area (Å²) in [5.74, 6) is 0.319.